The molecule has 1 aromatic heterocycles. The number of nitrogens with one attached hydrogen (secondary N) is 1. The predicted molar refractivity (Wildman–Crippen MR) is 95.7 cm³/mol. The van der Waals surface area contributed by atoms with Gasteiger partial charge in [-0.1, -0.05) is 5.11 Å². The van der Waals surface area contributed by atoms with E-state index in [1.54, 1.807) is 6.92 Å². The fourth-order valence-corrected chi connectivity index (χ4v) is 4.26. The molecule has 0 amide bonds. The number of aromatic amines is 1. The van der Waals surface area contributed by atoms with Crippen LogP contribution in [0.15, 0.2) is 20.9 Å². The molecule has 0 radical (unpaired) electrons. The highest BCUT2D eigenvalue weighted by Crippen LogP contribution is 2.47. The molecule has 154 valence electrons. The van der Waals surface area contributed by atoms with Crippen LogP contribution in [0, 0.1) is 6.92 Å². The Labute approximate surface area is 159 Å². The van der Waals surface area contributed by atoms with Crippen molar-refractivity contribution in [2.45, 2.75) is 31.7 Å². The van der Waals surface area contributed by atoms with Crippen molar-refractivity contribution in [1.29, 1.82) is 0 Å². The zero-order chi connectivity index (χ0) is 20.3. The Morgan fingerprint density at radius 2 is 2.18 bits per heavy atom. The van der Waals surface area contributed by atoms with Crippen LogP contribution in [0.2, 0.25) is 0 Å². The smallest absolute Gasteiger partial charge is 0.379 e. The van der Waals surface area contributed by atoms with E-state index in [0.29, 0.717) is 18.8 Å². The minimum Gasteiger partial charge on any atom is -0.379 e. The lowest BCUT2D eigenvalue weighted by molar-refractivity contribution is -0.0277. The van der Waals surface area contributed by atoms with E-state index in [1.165, 1.54) is 15.4 Å². The van der Waals surface area contributed by atoms with Crippen LogP contribution in [0.3, 0.4) is 0 Å². The lowest BCUT2D eigenvalue weighted by atomic mass is 10.1. The molecule has 0 spiro atoms. The summed E-state index contributed by atoms with van der Waals surface area (Å²) in [5, 5.41) is 3.65. The fraction of sp³-hybridized carbons (Fsp3) is 0.714. The number of aryl methyl sites for hydroxylation is 1. The summed E-state index contributed by atoms with van der Waals surface area (Å²) in [4.78, 5) is 38.7. The molecular formula is C14H21N6O7P. The first-order valence-electron chi connectivity index (χ1n) is 8.64. The van der Waals surface area contributed by atoms with E-state index in [9.17, 15) is 19.0 Å². The molecular weight excluding hydrogens is 395 g/mol. The van der Waals surface area contributed by atoms with Crippen molar-refractivity contribution in [3.8, 4) is 0 Å². The highest BCUT2D eigenvalue weighted by Gasteiger charge is 2.39. The van der Waals surface area contributed by atoms with Gasteiger partial charge in [-0.25, -0.2) is 14.0 Å². The number of hydrogen-bond acceptors (Lipinski definition) is 7. The van der Waals surface area contributed by atoms with Gasteiger partial charge in [-0.2, -0.15) is 0 Å². The first-order valence-corrected chi connectivity index (χ1v) is 10.2. The van der Waals surface area contributed by atoms with Crippen molar-refractivity contribution in [3.63, 3.8) is 0 Å². The molecule has 4 atom stereocenters. The van der Waals surface area contributed by atoms with Crippen LogP contribution in [0.5, 0.6) is 0 Å². The summed E-state index contributed by atoms with van der Waals surface area (Å²) in [6.07, 6.45) is -0.140. The maximum Gasteiger partial charge on any atom is 0.405 e. The highest BCUT2D eigenvalue weighted by atomic mass is 31.2. The molecule has 2 fully saturated rings. The quantitative estimate of drug-likeness (QED) is 0.288. The van der Waals surface area contributed by atoms with E-state index in [-0.39, 0.29) is 26.1 Å². The number of aromatic nitrogens is 2. The second kappa shape index (κ2) is 8.58. The molecule has 2 N–H and O–H groups in total. The van der Waals surface area contributed by atoms with Crippen LogP contribution < -0.4 is 11.2 Å². The number of hydrogen-bond donors (Lipinski definition) is 2. The highest BCUT2D eigenvalue weighted by molar-refractivity contribution is 7.50. The summed E-state index contributed by atoms with van der Waals surface area (Å²) < 4.78 is 31.0. The average molecular weight is 416 g/mol. The third-order valence-electron chi connectivity index (χ3n) is 4.61. The zero-order valence-electron chi connectivity index (χ0n) is 15.1. The van der Waals surface area contributed by atoms with Crippen molar-refractivity contribution < 1.29 is 23.5 Å². The van der Waals surface area contributed by atoms with Crippen LogP contribution in [0.25, 0.3) is 10.4 Å². The average Bonchev–Trinajstić information content (AvgIpc) is 3.07. The van der Waals surface area contributed by atoms with Gasteiger partial charge >= 0.3 is 13.4 Å². The SMILES string of the molecule is Cc1cn([C@H]2C[C@@H](N=[N+]=[N-])[C@@H](COP(=O)(O)N3CCOCC3)O2)c(=O)[nH]c1=O. The van der Waals surface area contributed by atoms with Crippen molar-refractivity contribution in [1.82, 2.24) is 14.2 Å². The molecule has 3 rings (SSSR count). The van der Waals surface area contributed by atoms with Crippen LogP contribution in [-0.2, 0) is 18.6 Å². The van der Waals surface area contributed by atoms with Gasteiger partial charge in [-0.05, 0) is 12.5 Å². The zero-order valence-corrected chi connectivity index (χ0v) is 16.0. The molecule has 0 aliphatic carbocycles. The van der Waals surface area contributed by atoms with Gasteiger partial charge in [-0.3, -0.25) is 18.9 Å². The normalized spacial score (nSPS) is 27.9. The van der Waals surface area contributed by atoms with Crippen molar-refractivity contribution >= 4 is 7.75 Å². The number of ether oxygens (including phenoxy) is 2. The molecule has 14 heteroatoms. The lowest BCUT2D eigenvalue weighted by Crippen LogP contribution is -2.35. The molecule has 2 aliphatic heterocycles. The summed E-state index contributed by atoms with van der Waals surface area (Å²) in [6.45, 7) is 2.40. The first-order chi connectivity index (χ1) is 13.3. The first kappa shape index (κ1) is 20.7. The van der Waals surface area contributed by atoms with Gasteiger partial charge in [0.2, 0.25) is 0 Å². The topological polar surface area (TPSA) is 172 Å². The number of nitrogens with zero attached hydrogens (tertiary/aromatic N) is 5. The summed E-state index contributed by atoms with van der Waals surface area (Å²) in [7, 11) is -4.06. The van der Waals surface area contributed by atoms with Gasteiger partial charge in [0.05, 0.1) is 32.0 Å². The largest absolute Gasteiger partial charge is 0.405 e. The van der Waals surface area contributed by atoms with Gasteiger partial charge in [0.15, 0.2) is 0 Å². The Kier molecular flexibility index (Phi) is 6.36. The van der Waals surface area contributed by atoms with Crippen molar-refractivity contribution in [2.24, 2.45) is 5.11 Å². The molecule has 1 unspecified atom stereocenters. The van der Waals surface area contributed by atoms with E-state index < -0.39 is 37.4 Å². The standard InChI is InChI=1S/C14H21N6O7P/c1-9-7-20(14(22)16-13(9)21)12-6-10(17-18-15)11(27-12)8-26-28(23,24)19-2-4-25-5-3-19/h7,10-12H,2-6,8H2,1H3,(H,23,24)(H,16,21,22)/t10-,11-,12-/m1/s1. The summed E-state index contributed by atoms with van der Waals surface area (Å²) in [6, 6.07) is -0.709. The van der Waals surface area contributed by atoms with Crippen LogP contribution >= 0.6 is 7.75 Å². The molecule has 0 saturated carbocycles. The third kappa shape index (κ3) is 4.53. The molecule has 2 aliphatic rings. The molecule has 0 bridgehead atoms. The van der Waals surface area contributed by atoms with Gasteiger partial charge in [-0.15, -0.1) is 0 Å². The van der Waals surface area contributed by atoms with E-state index in [2.05, 4.69) is 15.0 Å². The van der Waals surface area contributed by atoms with Gasteiger partial charge in [0, 0.05) is 36.2 Å². The van der Waals surface area contributed by atoms with Crippen molar-refractivity contribution in [2.75, 3.05) is 32.9 Å². The monoisotopic (exact) mass is 416 g/mol. The van der Waals surface area contributed by atoms with E-state index in [0.717, 1.165) is 0 Å². The van der Waals surface area contributed by atoms with Gasteiger partial charge in [0.1, 0.15) is 6.23 Å². The second-order valence-electron chi connectivity index (χ2n) is 6.47. The molecule has 13 nitrogen and oxygen atoms in total. The molecule has 28 heavy (non-hydrogen) atoms. The molecule has 0 aromatic carbocycles. The van der Waals surface area contributed by atoms with Crippen LogP contribution in [-0.4, -0.2) is 64.2 Å². The number of H-pyrrole nitrogens is 1. The summed E-state index contributed by atoms with van der Waals surface area (Å²) >= 11 is 0. The lowest BCUT2D eigenvalue weighted by Gasteiger charge is -2.30. The molecule has 1 aromatic rings. The maximum atomic E-state index is 12.4. The van der Waals surface area contributed by atoms with E-state index >= 15 is 0 Å². The number of morpholine rings is 1. The van der Waals surface area contributed by atoms with Crippen LogP contribution in [0.4, 0.5) is 0 Å². The Bertz CT molecular complexity index is 919. The molecule has 2 saturated heterocycles. The number of rotatable bonds is 6. The van der Waals surface area contributed by atoms with E-state index in [4.69, 9.17) is 19.5 Å². The Morgan fingerprint density at radius 3 is 2.86 bits per heavy atom. The minimum absolute atomic E-state index is 0.150. The van der Waals surface area contributed by atoms with Gasteiger partial charge < -0.3 is 14.4 Å². The Hall–Kier alpha value is -1.98. The fourth-order valence-electron chi connectivity index (χ4n) is 3.08. The second-order valence-corrected chi connectivity index (χ2v) is 8.27. The minimum atomic E-state index is -4.06. The van der Waals surface area contributed by atoms with E-state index in [1.807, 2.05) is 0 Å². The Morgan fingerprint density at radius 1 is 1.46 bits per heavy atom. The maximum absolute atomic E-state index is 12.4. The van der Waals surface area contributed by atoms with Crippen molar-refractivity contribution in [3.05, 3.63) is 43.0 Å². The predicted octanol–water partition coefficient (Wildman–Crippen LogP) is 0.261. The Balaban J connectivity index is 1.73. The third-order valence-corrected chi connectivity index (χ3v) is 6.21. The summed E-state index contributed by atoms with van der Waals surface area (Å²) in [5.41, 5.74) is 7.94. The summed E-state index contributed by atoms with van der Waals surface area (Å²) in [5.74, 6) is 0. The van der Waals surface area contributed by atoms with Crippen LogP contribution in [0.1, 0.15) is 18.2 Å². The molecule has 3 heterocycles. The van der Waals surface area contributed by atoms with Gasteiger partial charge in [0.25, 0.3) is 5.56 Å². The number of azide groups is 1.